The van der Waals surface area contributed by atoms with Crippen molar-refractivity contribution in [3.8, 4) is 21.7 Å². The first kappa shape index (κ1) is 27.5. The molecule has 1 aliphatic rings. The number of rotatable bonds is 7. The summed E-state index contributed by atoms with van der Waals surface area (Å²) in [5.74, 6) is 0.0828. The van der Waals surface area contributed by atoms with E-state index in [0.29, 0.717) is 6.54 Å². The van der Waals surface area contributed by atoms with E-state index in [1.165, 1.54) is 16.7 Å². The van der Waals surface area contributed by atoms with Crippen LogP contribution in [0.2, 0.25) is 0 Å². The Morgan fingerprint density at radius 1 is 1.19 bits per heavy atom. The van der Waals surface area contributed by atoms with E-state index in [4.69, 9.17) is 4.98 Å². The Kier molecular flexibility index (Phi) is 8.21. The lowest BCUT2D eigenvalue weighted by Gasteiger charge is -2.36. The van der Waals surface area contributed by atoms with Crippen LogP contribution in [0.15, 0.2) is 41.1 Å². The standard InChI is InChI=1S/C29H38N4O2S2/c1-17-9-8-10-20(15-17)21-12-14-36-24(21)22-16-37-27(31-22)23-18(2)11-13-33(23)28(35)25(29(4,5)6)32-26(34)19(3)30-7/h8-10,12,14-16,18-19,23,25,30H,11,13H2,1-7H3,(H,32,34)/t18-,19-,23-,25+/m0/s1. The number of carbonyl (C=O) groups excluding carboxylic acids is 2. The lowest BCUT2D eigenvalue weighted by molar-refractivity contribution is -0.141. The molecule has 0 spiro atoms. The summed E-state index contributed by atoms with van der Waals surface area (Å²) in [5.41, 5.74) is 4.14. The van der Waals surface area contributed by atoms with E-state index >= 15 is 0 Å². The highest BCUT2D eigenvalue weighted by Crippen LogP contribution is 2.43. The van der Waals surface area contributed by atoms with Crippen LogP contribution in [0.1, 0.15) is 57.7 Å². The van der Waals surface area contributed by atoms with Gasteiger partial charge in [-0.25, -0.2) is 4.98 Å². The molecular weight excluding hydrogens is 500 g/mol. The number of thiazole rings is 1. The van der Waals surface area contributed by atoms with Crippen LogP contribution in [0, 0.1) is 18.3 Å². The summed E-state index contributed by atoms with van der Waals surface area (Å²) >= 11 is 3.32. The lowest BCUT2D eigenvalue weighted by Crippen LogP contribution is -2.57. The highest BCUT2D eigenvalue weighted by molar-refractivity contribution is 7.15. The van der Waals surface area contributed by atoms with Gasteiger partial charge in [0.05, 0.1) is 22.7 Å². The third-order valence-corrected chi connectivity index (χ3v) is 9.06. The molecule has 0 saturated carbocycles. The number of aromatic nitrogens is 1. The van der Waals surface area contributed by atoms with E-state index < -0.39 is 11.5 Å². The Morgan fingerprint density at radius 2 is 1.95 bits per heavy atom. The first-order valence-electron chi connectivity index (χ1n) is 12.9. The SMILES string of the molecule is CN[C@@H](C)C(=O)N[C@H](C(=O)N1CC[C@H](C)[C@H]1c1nc(-c2sccc2-c2cccc(C)c2)cs1)C(C)(C)C. The van der Waals surface area contributed by atoms with Crippen LogP contribution in [0.5, 0.6) is 0 Å². The molecule has 8 heteroatoms. The van der Waals surface area contributed by atoms with Crippen molar-refractivity contribution in [2.75, 3.05) is 13.6 Å². The first-order valence-corrected chi connectivity index (χ1v) is 14.7. The van der Waals surface area contributed by atoms with Crippen LogP contribution in [0.3, 0.4) is 0 Å². The fraction of sp³-hybridized carbons (Fsp3) is 0.483. The van der Waals surface area contributed by atoms with E-state index in [2.05, 4.69) is 65.6 Å². The summed E-state index contributed by atoms with van der Waals surface area (Å²) in [5, 5.41) is 11.2. The van der Waals surface area contributed by atoms with Crippen LogP contribution >= 0.6 is 22.7 Å². The summed E-state index contributed by atoms with van der Waals surface area (Å²) in [6.07, 6.45) is 0.913. The molecule has 0 unspecified atom stereocenters. The second-order valence-corrected chi connectivity index (χ2v) is 13.0. The van der Waals surface area contributed by atoms with Crippen molar-refractivity contribution in [1.29, 1.82) is 0 Å². The normalized spacial score (nSPS) is 19.6. The molecule has 6 nitrogen and oxygen atoms in total. The van der Waals surface area contributed by atoms with Crippen molar-refractivity contribution in [2.24, 2.45) is 11.3 Å². The molecule has 3 heterocycles. The fourth-order valence-electron chi connectivity index (χ4n) is 4.86. The van der Waals surface area contributed by atoms with Gasteiger partial charge in [-0.05, 0) is 55.7 Å². The van der Waals surface area contributed by atoms with E-state index in [1.54, 1.807) is 36.6 Å². The van der Waals surface area contributed by atoms with E-state index in [-0.39, 0.29) is 29.8 Å². The number of carbonyl (C=O) groups is 2. The third-order valence-electron chi connectivity index (χ3n) is 7.21. The third kappa shape index (κ3) is 5.81. The van der Waals surface area contributed by atoms with Crippen LogP contribution in [0.4, 0.5) is 0 Å². The minimum absolute atomic E-state index is 0.0353. The smallest absolute Gasteiger partial charge is 0.246 e. The molecule has 1 aliphatic heterocycles. The second-order valence-electron chi connectivity index (χ2n) is 11.2. The molecule has 1 aromatic carbocycles. The van der Waals surface area contributed by atoms with Gasteiger partial charge in [0.15, 0.2) is 0 Å². The Labute approximate surface area is 228 Å². The first-order chi connectivity index (χ1) is 17.5. The number of benzene rings is 1. The number of aryl methyl sites for hydroxylation is 1. The maximum atomic E-state index is 13.9. The molecule has 1 fully saturated rings. The number of likely N-dealkylation sites (N-methyl/N-ethyl adjacent to an activating group) is 1. The number of amides is 2. The molecular formula is C29H38N4O2S2. The zero-order valence-electron chi connectivity index (χ0n) is 22.8. The molecule has 2 aromatic heterocycles. The number of nitrogens with one attached hydrogen (secondary N) is 2. The van der Waals surface area contributed by atoms with Crippen LogP contribution in [-0.4, -0.2) is 47.4 Å². The van der Waals surface area contributed by atoms with Gasteiger partial charge < -0.3 is 15.5 Å². The number of thiophene rings is 1. The van der Waals surface area contributed by atoms with Crippen LogP contribution in [0.25, 0.3) is 21.7 Å². The van der Waals surface area contributed by atoms with Gasteiger partial charge in [0.25, 0.3) is 0 Å². The van der Waals surface area contributed by atoms with Gasteiger partial charge in [-0.1, -0.05) is 57.5 Å². The van der Waals surface area contributed by atoms with Gasteiger partial charge in [0.2, 0.25) is 11.8 Å². The molecule has 4 atom stereocenters. The minimum Gasteiger partial charge on any atom is -0.342 e. The van der Waals surface area contributed by atoms with Crippen molar-refractivity contribution in [3.63, 3.8) is 0 Å². The highest BCUT2D eigenvalue weighted by atomic mass is 32.1. The molecule has 0 radical (unpaired) electrons. The average molecular weight is 539 g/mol. The maximum absolute atomic E-state index is 13.9. The largest absolute Gasteiger partial charge is 0.342 e. The molecule has 37 heavy (non-hydrogen) atoms. The Bertz CT molecular complexity index is 1260. The van der Waals surface area contributed by atoms with Crippen LogP contribution in [-0.2, 0) is 9.59 Å². The van der Waals surface area contributed by atoms with Gasteiger partial charge >= 0.3 is 0 Å². The fourth-order valence-corrected chi connectivity index (χ4v) is 6.86. The van der Waals surface area contributed by atoms with Gasteiger partial charge in [0.1, 0.15) is 11.0 Å². The summed E-state index contributed by atoms with van der Waals surface area (Å²) in [7, 11) is 1.74. The maximum Gasteiger partial charge on any atom is 0.246 e. The van der Waals surface area contributed by atoms with E-state index in [0.717, 1.165) is 22.0 Å². The molecule has 2 amide bonds. The van der Waals surface area contributed by atoms with Crippen LogP contribution < -0.4 is 10.6 Å². The summed E-state index contributed by atoms with van der Waals surface area (Å²) < 4.78 is 0. The Hall–Kier alpha value is -2.55. The highest BCUT2D eigenvalue weighted by Gasteiger charge is 2.43. The molecule has 0 aliphatic carbocycles. The Morgan fingerprint density at radius 3 is 2.62 bits per heavy atom. The lowest BCUT2D eigenvalue weighted by atomic mass is 9.85. The predicted molar refractivity (Wildman–Crippen MR) is 154 cm³/mol. The van der Waals surface area contributed by atoms with Gasteiger partial charge in [-0.2, -0.15) is 0 Å². The molecule has 1 saturated heterocycles. The number of hydrogen-bond acceptors (Lipinski definition) is 6. The quantitative estimate of drug-likeness (QED) is 0.393. The van der Waals surface area contributed by atoms with Crippen molar-refractivity contribution in [2.45, 2.75) is 66.1 Å². The second kappa shape index (κ2) is 11.1. The topological polar surface area (TPSA) is 74.3 Å². The molecule has 198 valence electrons. The number of nitrogens with zero attached hydrogens (tertiary/aromatic N) is 2. The van der Waals surface area contributed by atoms with Crippen molar-refractivity contribution >= 4 is 34.5 Å². The van der Waals surface area contributed by atoms with Gasteiger partial charge in [-0.3, -0.25) is 9.59 Å². The number of likely N-dealkylation sites (tertiary alicyclic amines) is 1. The predicted octanol–water partition coefficient (Wildman–Crippen LogP) is 5.90. The van der Waals surface area contributed by atoms with Gasteiger partial charge in [-0.15, -0.1) is 22.7 Å². The molecule has 3 aromatic rings. The minimum atomic E-state index is -0.617. The monoisotopic (exact) mass is 538 g/mol. The summed E-state index contributed by atoms with van der Waals surface area (Å²) in [6, 6.07) is 9.60. The summed E-state index contributed by atoms with van der Waals surface area (Å²) in [6.45, 7) is 12.8. The average Bonchev–Trinajstić information content (AvgIpc) is 3.59. The zero-order valence-corrected chi connectivity index (χ0v) is 24.4. The Balaban J connectivity index is 1.62. The molecule has 4 rings (SSSR count). The van der Waals surface area contributed by atoms with Crippen molar-refractivity contribution in [3.05, 3.63) is 51.7 Å². The van der Waals surface area contributed by atoms with Crippen molar-refractivity contribution < 1.29 is 9.59 Å². The molecule has 2 N–H and O–H groups in total. The number of hydrogen-bond donors (Lipinski definition) is 2. The summed E-state index contributed by atoms with van der Waals surface area (Å²) in [4.78, 5) is 34.8. The van der Waals surface area contributed by atoms with E-state index in [9.17, 15) is 9.59 Å². The zero-order chi connectivity index (χ0) is 26.9. The van der Waals surface area contributed by atoms with E-state index in [1.807, 2.05) is 25.7 Å². The molecule has 0 bridgehead atoms. The van der Waals surface area contributed by atoms with Gasteiger partial charge in [0, 0.05) is 17.5 Å². The van der Waals surface area contributed by atoms with Crippen molar-refractivity contribution in [1.82, 2.24) is 20.5 Å².